The summed E-state index contributed by atoms with van der Waals surface area (Å²) < 4.78 is 39.7. The fraction of sp³-hybridized carbons (Fsp3) is 0.250. The number of carbonyl (C=O) groups excluding carboxylic acids is 2. The number of sulfonamides is 1. The first-order valence-corrected chi connectivity index (χ1v) is 11.4. The highest BCUT2D eigenvalue weighted by Crippen LogP contribution is 2.26. The lowest BCUT2D eigenvalue weighted by Gasteiger charge is -2.12. The van der Waals surface area contributed by atoms with Crippen LogP contribution in [0.5, 0.6) is 0 Å². The summed E-state index contributed by atoms with van der Waals surface area (Å²) in [6.07, 6.45) is 0. The lowest BCUT2D eigenvalue weighted by Crippen LogP contribution is -2.15. The number of carbonyl (C=O) groups is 2. The van der Waals surface area contributed by atoms with Crippen LogP contribution in [0, 0.1) is 0 Å². The highest BCUT2D eigenvalue weighted by atomic mass is 32.2. The largest absolute Gasteiger partial charge is 0.465 e. The van der Waals surface area contributed by atoms with Gasteiger partial charge in [0.15, 0.2) is 0 Å². The van der Waals surface area contributed by atoms with Crippen LogP contribution in [0.15, 0.2) is 46.1 Å². The van der Waals surface area contributed by atoms with Crippen molar-refractivity contribution in [2.75, 3.05) is 18.9 Å². The lowest BCUT2D eigenvalue weighted by atomic mass is 10.1. The maximum Gasteiger partial charge on any atom is 0.337 e. The van der Waals surface area contributed by atoms with Gasteiger partial charge in [0.25, 0.3) is 10.0 Å². The molecule has 0 fully saturated rings. The third kappa shape index (κ3) is 4.47. The fourth-order valence-electron chi connectivity index (χ4n) is 3.04. The van der Waals surface area contributed by atoms with E-state index in [1.54, 1.807) is 10.6 Å². The van der Waals surface area contributed by atoms with Crippen LogP contribution >= 0.6 is 11.3 Å². The molecular weight excluding hydrogens is 444 g/mol. The van der Waals surface area contributed by atoms with Crippen LogP contribution in [0.4, 0.5) is 5.69 Å². The number of aromatic nitrogens is 1. The van der Waals surface area contributed by atoms with Crippen molar-refractivity contribution in [3.63, 3.8) is 0 Å². The Balaban J connectivity index is 2.04. The number of nitrogens with zero attached hydrogens (tertiary/aromatic N) is 1. The molecule has 1 N–H and O–H groups in total. The topological polar surface area (TPSA) is 121 Å². The molecule has 0 aliphatic heterocycles. The molecule has 3 aromatic rings. The molecule has 31 heavy (non-hydrogen) atoms. The predicted molar refractivity (Wildman–Crippen MR) is 116 cm³/mol. The van der Waals surface area contributed by atoms with Gasteiger partial charge in [0.05, 0.1) is 46.1 Å². The van der Waals surface area contributed by atoms with Gasteiger partial charge >= 0.3 is 16.8 Å². The van der Waals surface area contributed by atoms with Crippen LogP contribution in [0.1, 0.15) is 40.6 Å². The first kappa shape index (κ1) is 22.5. The molecule has 0 saturated carbocycles. The molecule has 0 amide bonds. The third-order valence-electron chi connectivity index (χ3n) is 4.44. The molecule has 164 valence electrons. The maximum atomic E-state index is 12.9. The Morgan fingerprint density at radius 3 is 2.10 bits per heavy atom. The molecule has 1 aromatic heterocycles. The average molecular weight is 465 g/mol. The van der Waals surface area contributed by atoms with Crippen LogP contribution < -0.4 is 9.60 Å². The van der Waals surface area contributed by atoms with Crippen LogP contribution in [-0.4, -0.2) is 39.1 Å². The molecule has 0 bridgehead atoms. The van der Waals surface area contributed by atoms with Gasteiger partial charge in [-0.2, -0.15) is 0 Å². The van der Waals surface area contributed by atoms with Crippen molar-refractivity contribution in [1.82, 2.24) is 4.57 Å². The van der Waals surface area contributed by atoms with E-state index in [0.29, 0.717) is 10.2 Å². The van der Waals surface area contributed by atoms with Gasteiger partial charge in [-0.05, 0) is 50.2 Å². The second-order valence-corrected chi connectivity index (χ2v) is 9.52. The summed E-state index contributed by atoms with van der Waals surface area (Å²) in [4.78, 5) is 35.8. The summed E-state index contributed by atoms with van der Waals surface area (Å²) in [6.45, 7) is 3.74. The number of benzene rings is 2. The fourth-order valence-corrected chi connectivity index (χ4v) is 5.24. The highest BCUT2D eigenvalue weighted by molar-refractivity contribution is 7.92. The number of hydrogen-bond acceptors (Lipinski definition) is 8. The highest BCUT2D eigenvalue weighted by Gasteiger charge is 2.20. The van der Waals surface area contributed by atoms with Crippen LogP contribution in [0.2, 0.25) is 0 Å². The molecule has 0 unspecified atom stereocenters. The molecule has 1 heterocycles. The molecule has 0 spiro atoms. The third-order valence-corrected chi connectivity index (χ3v) is 6.74. The maximum absolute atomic E-state index is 12.9. The van der Waals surface area contributed by atoms with Crippen molar-refractivity contribution in [2.24, 2.45) is 0 Å². The first-order valence-electron chi connectivity index (χ1n) is 9.07. The molecule has 0 aliphatic rings. The summed E-state index contributed by atoms with van der Waals surface area (Å²) >= 11 is 0.955. The van der Waals surface area contributed by atoms with E-state index < -0.39 is 22.0 Å². The van der Waals surface area contributed by atoms with E-state index >= 15 is 0 Å². The minimum atomic E-state index is -4.09. The van der Waals surface area contributed by atoms with Crippen LogP contribution in [0.25, 0.3) is 10.2 Å². The van der Waals surface area contributed by atoms with E-state index in [1.165, 1.54) is 44.6 Å². The van der Waals surface area contributed by atoms with Crippen molar-refractivity contribution >= 4 is 49.2 Å². The standard InChI is InChI=1S/C20H20N2O7S2/c1-11(2)22-16-6-5-15(10-17(16)30-20(22)25)31(26,27)21-14-8-12(18(23)28-3)7-13(9-14)19(24)29-4/h5-11,21H,1-4H3. The van der Waals surface area contributed by atoms with Gasteiger partial charge in [-0.3, -0.25) is 14.1 Å². The van der Waals surface area contributed by atoms with Crippen molar-refractivity contribution in [1.29, 1.82) is 0 Å². The van der Waals surface area contributed by atoms with Gasteiger partial charge < -0.3 is 9.47 Å². The van der Waals surface area contributed by atoms with Crippen molar-refractivity contribution < 1.29 is 27.5 Å². The molecule has 0 atom stereocenters. The van der Waals surface area contributed by atoms with E-state index in [4.69, 9.17) is 0 Å². The zero-order valence-electron chi connectivity index (χ0n) is 17.2. The summed E-state index contributed by atoms with van der Waals surface area (Å²) in [7, 11) is -1.75. The Morgan fingerprint density at radius 2 is 1.58 bits per heavy atom. The number of esters is 2. The number of hydrogen-bond donors (Lipinski definition) is 1. The van der Waals surface area contributed by atoms with Gasteiger partial charge in [0, 0.05) is 6.04 Å². The smallest absolute Gasteiger partial charge is 0.337 e. The second kappa shape index (κ2) is 8.52. The van der Waals surface area contributed by atoms with E-state index in [1.807, 2.05) is 13.8 Å². The zero-order valence-corrected chi connectivity index (χ0v) is 18.8. The van der Waals surface area contributed by atoms with E-state index in [9.17, 15) is 22.8 Å². The van der Waals surface area contributed by atoms with E-state index in [2.05, 4.69) is 14.2 Å². The van der Waals surface area contributed by atoms with Crippen molar-refractivity contribution in [3.05, 3.63) is 57.2 Å². The Labute approximate surface area is 182 Å². The SMILES string of the molecule is COC(=O)c1cc(NS(=O)(=O)c2ccc3c(c2)sc(=O)n3C(C)C)cc(C(=O)OC)c1. The van der Waals surface area contributed by atoms with E-state index in [0.717, 1.165) is 11.3 Å². The summed E-state index contributed by atoms with van der Waals surface area (Å²) in [5, 5.41) is 0. The minimum Gasteiger partial charge on any atom is -0.465 e. The second-order valence-electron chi connectivity index (χ2n) is 6.85. The lowest BCUT2D eigenvalue weighted by molar-refractivity contribution is 0.0599. The molecule has 3 rings (SSSR count). The number of anilines is 1. The number of ether oxygens (including phenoxy) is 2. The van der Waals surface area contributed by atoms with Gasteiger partial charge in [-0.1, -0.05) is 11.3 Å². The molecule has 2 aromatic carbocycles. The van der Waals surface area contributed by atoms with Gasteiger partial charge in [-0.25, -0.2) is 18.0 Å². The Kier molecular flexibility index (Phi) is 6.18. The predicted octanol–water partition coefficient (Wildman–Crippen LogP) is 3.02. The number of nitrogens with one attached hydrogen (secondary N) is 1. The number of fused-ring (bicyclic) bond motifs is 1. The summed E-state index contributed by atoms with van der Waals surface area (Å²) in [6, 6.07) is 8.05. The summed E-state index contributed by atoms with van der Waals surface area (Å²) in [5.74, 6) is -1.49. The summed E-state index contributed by atoms with van der Waals surface area (Å²) in [5.41, 5.74) is 0.581. The number of methoxy groups -OCH3 is 2. The quantitative estimate of drug-likeness (QED) is 0.557. The number of thiazole rings is 1. The Hall–Kier alpha value is -3.18. The van der Waals surface area contributed by atoms with Crippen molar-refractivity contribution in [2.45, 2.75) is 24.8 Å². The molecule has 0 saturated heterocycles. The first-order chi connectivity index (χ1) is 14.6. The van der Waals surface area contributed by atoms with E-state index in [-0.39, 0.29) is 32.6 Å². The van der Waals surface area contributed by atoms with Crippen LogP contribution in [0.3, 0.4) is 0 Å². The minimum absolute atomic E-state index is 0.0173. The zero-order chi connectivity index (χ0) is 22.9. The normalized spacial score (nSPS) is 11.5. The Bertz CT molecular complexity index is 1300. The van der Waals surface area contributed by atoms with Gasteiger partial charge in [0.1, 0.15) is 0 Å². The molecule has 0 radical (unpaired) electrons. The average Bonchev–Trinajstić information content (AvgIpc) is 3.06. The van der Waals surface area contributed by atoms with Gasteiger partial charge in [0.2, 0.25) is 0 Å². The molecular formula is C20H20N2O7S2. The molecule has 9 nitrogen and oxygen atoms in total. The molecule has 11 heteroatoms. The van der Waals surface area contributed by atoms with Crippen LogP contribution in [-0.2, 0) is 19.5 Å². The Morgan fingerprint density at radius 1 is 1.00 bits per heavy atom. The number of rotatable bonds is 6. The van der Waals surface area contributed by atoms with Crippen molar-refractivity contribution in [3.8, 4) is 0 Å². The molecule has 0 aliphatic carbocycles. The van der Waals surface area contributed by atoms with Gasteiger partial charge in [-0.15, -0.1) is 0 Å². The monoisotopic (exact) mass is 464 g/mol.